The maximum Gasteiger partial charge on any atom is 0.573 e. The van der Waals surface area contributed by atoms with Crippen LogP contribution in [-0.4, -0.2) is 16.3 Å². The molecule has 1 heterocycles. The zero-order chi connectivity index (χ0) is 13.9. The lowest BCUT2D eigenvalue weighted by molar-refractivity contribution is -0.274. The van der Waals surface area contributed by atoms with E-state index in [-0.39, 0.29) is 11.4 Å². The van der Waals surface area contributed by atoms with Gasteiger partial charge in [-0.25, -0.2) is 9.97 Å². The molecule has 0 saturated carbocycles. The van der Waals surface area contributed by atoms with Gasteiger partial charge in [0, 0.05) is 6.20 Å². The average molecular weight is 334 g/mol. The molecule has 1 aromatic carbocycles. The Kier molecular flexibility index (Phi) is 3.89. The quantitative estimate of drug-likeness (QED) is 0.925. The lowest BCUT2D eigenvalue weighted by atomic mass is 10.3. The fourth-order valence-electron chi connectivity index (χ4n) is 1.32. The summed E-state index contributed by atoms with van der Waals surface area (Å²) in [5.74, 6) is 0.00809. The molecule has 2 rings (SSSR count). The normalized spacial score (nSPS) is 11.2. The molecule has 19 heavy (non-hydrogen) atoms. The Labute approximate surface area is 114 Å². The Balaban J connectivity index is 2.28. The topological polar surface area (TPSA) is 47.0 Å². The second-order valence-corrected chi connectivity index (χ2v) is 4.24. The van der Waals surface area contributed by atoms with Crippen molar-refractivity contribution >= 4 is 27.4 Å². The SMILES string of the molecule is FC(F)(F)Oc1ccccc1Nc1ncncc1Br. The number of ether oxygens (including phenoxy) is 1. The van der Waals surface area contributed by atoms with Gasteiger partial charge in [-0.1, -0.05) is 12.1 Å². The van der Waals surface area contributed by atoms with E-state index >= 15 is 0 Å². The molecule has 0 aliphatic rings. The van der Waals surface area contributed by atoms with Gasteiger partial charge in [-0.15, -0.1) is 13.2 Å². The van der Waals surface area contributed by atoms with E-state index in [9.17, 15) is 13.2 Å². The van der Waals surface area contributed by atoms with Gasteiger partial charge in [0.2, 0.25) is 0 Å². The van der Waals surface area contributed by atoms with Crippen molar-refractivity contribution in [2.45, 2.75) is 6.36 Å². The van der Waals surface area contributed by atoms with Crippen LogP contribution >= 0.6 is 15.9 Å². The number of benzene rings is 1. The molecule has 0 unspecified atom stereocenters. The molecule has 0 radical (unpaired) electrons. The van der Waals surface area contributed by atoms with E-state index in [0.717, 1.165) is 0 Å². The molecule has 1 aromatic heterocycles. The molecule has 2 aromatic rings. The number of para-hydroxylation sites is 2. The van der Waals surface area contributed by atoms with Crippen LogP contribution in [0.4, 0.5) is 24.7 Å². The Morgan fingerprint density at radius 1 is 1.21 bits per heavy atom. The van der Waals surface area contributed by atoms with Crippen molar-refractivity contribution in [3.8, 4) is 5.75 Å². The molecule has 0 bridgehead atoms. The molecule has 1 N–H and O–H groups in total. The molecular weight excluding hydrogens is 327 g/mol. The first kappa shape index (κ1) is 13.6. The number of halogens is 4. The van der Waals surface area contributed by atoms with E-state index in [1.54, 1.807) is 6.07 Å². The van der Waals surface area contributed by atoms with Crippen molar-refractivity contribution in [3.63, 3.8) is 0 Å². The first-order valence-corrected chi connectivity index (χ1v) is 5.82. The highest BCUT2D eigenvalue weighted by molar-refractivity contribution is 9.10. The van der Waals surface area contributed by atoms with E-state index in [1.165, 1.54) is 30.7 Å². The number of nitrogens with zero attached hydrogens (tertiary/aromatic N) is 2. The largest absolute Gasteiger partial charge is 0.573 e. The minimum atomic E-state index is -4.75. The van der Waals surface area contributed by atoms with E-state index in [4.69, 9.17) is 0 Å². The van der Waals surface area contributed by atoms with Crippen molar-refractivity contribution in [2.75, 3.05) is 5.32 Å². The van der Waals surface area contributed by atoms with Crippen LogP contribution in [0, 0.1) is 0 Å². The third-order valence-electron chi connectivity index (χ3n) is 2.03. The number of anilines is 2. The van der Waals surface area contributed by atoms with Gasteiger partial charge in [-0.2, -0.15) is 0 Å². The molecule has 0 saturated heterocycles. The summed E-state index contributed by atoms with van der Waals surface area (Å²) >= 11 is 3.19. The fraction of sp³-hybridized carbons (Fsp3) is 0.0909. The molecule has 8 heteroatoms. The van der Waals surface area contributed by atoms with Gasteiger partial charge in [0.15, 0.2) is 5.75 Å². The third-order valence-corrected chi connectivity index (χ3v) is 2.61. The number of aromatic nitrogens is 2. The summed E-state index contributed by atoms with van der Waals surface area (Å²) in [6.07, 6.45) is -2.00. The van der Waals surface area contributed by atoms with Crippen LogP contribution in [0.25, 0.3) is 0 Å². The summed E-state index contributed by atoms with van der Waals surface area (Å²) in [6.45, 7) is 0. The van der Waals surface area contributed by atoms with Crippen LogP contribution in [0.1, 0.15) is 0 Å². The standard InChI is InChI=1S/C11H7BrF3N3O/c12-7-5-16-6-17-10(7)18-8-3-1-2-4-9(8)19-11(13,14)15/h1-6H,(H,16,17,18). The summed E-state index contributed by atoms with van der Waals surface area (Å²) in [5.41, 5.74) is 0.152. The van der Waals surface area contributed by atoms with Gasteiger partial charge in [0.05, 0.1) is 10.2 Å². The Morgan fingerprint density at radius 2 is 1.95 bits per heavy atom. The van der Waals surface area contributed by atoms with Crippen LogP contribution in [-0.2, 0) is 0 Å². The van der Waals surface area contributed by atoms with E-state index < -0.39 is 6.36 Å². The Hall–Kier alpha value is -1.83. The lowest BCUT2D eigenvalue weighted by Gasteiger charge is -2.14. The number of alkyl halides is 3. The zero-order valence-corrected chi connectivity index (χ0v) is 10.9. The van der Waals surface area contributed by atoms with Crippen molar-refractivity contribution in [3.05, 3.63) is 41.3 Å². The van der Waals surface area contributed by atoms with Gasteiger partial charge < -0.3 is 10.1 Å². The van der Waals surface area contributed by atoms with E-state index in [2.05, 4.69) is 36.0 Å². The molecular formula is C11H7BrF3N3O. The predicted molar refractivity (Wildman–Crippen MR) is 66.1 cm³/mol. The molecule has 0 aliphatic carbocycles. The summed E-state index contributed by atoms with van der Waals surface area (Å²) in [5, 5.41) is 2.74. The van der Waals surface area contributed by atoms with Crippen molar-refractivity contribution in [2.24, 2.45) is 0 Å². The average Bonchev–Trinajstić information content (AvgIpc) is 2.33. The predicted octanol–water partition coefficient (Wildman–Crippen LogP) is 3.88. The van der Waals surface area contributed by atoms with Crippen LogP contribution in [0.15, 0.2) is 41.3 Å². The molecule has 0 fully saturated rings. The van der Waals surface area contributed by atoms with E-state index in [0.29, 0.717) is 10.3 Å². The summed E-state index contributed by atoms with van der Waals surface area (Å²) in [7, 11) is 0. The minimum absolute atomic E-state index is 0.152. The van der Waals surface area contributed by atoms with Gasteiger partial charge in [-0.05, 0) is 28.1 Å². The number of hydrogen-bond donors (Lipinski definition) is 1. The Bertz CT molecular complexity index is 577. The van der Waals surface area contributed by atoms with Crippen molar-refractivity contribution in [1.82, 2.24) is 9.97 Å². The first-order valence-electron chi connectivity index (χ1n) is 5.03. The van der Waals surface area contributed by atoms with Gasteiger partial charge in [-0.3, -0.25) is 0 Å². The molecule has 0 spiro atoms. The molecule has 0 aliphatic heterocycles. The van der Waals surface area contributed by atoms with Gasteiger partial charge in [0.1, 0.15) is 12.1 Å². The molecule has 0 atom stereocenters. The number of hydrogen-bond acceptors (Lipinski definition) is 4. The highest BCUT2D eigenvalue weighted by Crippen LogP contribution is 2.32. The second kappa shape index (κ2) is 5.43. The first-order chi connectivity index (χ1) is 8.96. The maximum absolute atomic E-state index is 12.3. The zero-order valence-electron chi connectivity index (χ0n) is 9.28. The van der Waals surface area contributed by atoms with Gasteiger partial charge >= 0.3 is 6.36 Å². The number of nitrogens with one attached hydrogen (secondary N) is 1. The summed E-state index contributed by atoms with van der Waals surface area (Å²) < 4.78 is 41.2. The number of rotatable bonds is 3. The van der Waals surface area contributed by atoms with Gasteiger partial charge in [0.25, 0.3) is 0 Å². The minimum Gasteiger partial charge on any atom is -0.404 e. The van der Waals surface area contributed by atoms with Crippen molar-refractivity contribution < 1.29 is 17.9 Å². The molecule has 100 valence electrons. The molecule has 0 amide bonds. The Morgan fingerprint density at radius 3 is 2.63 bits per heavy atom. The van der Waals surface area contributed by atoms with Crippen LogP contribution in [0.2, 0.25) is 0 Å². The second-order valence-electron chi connectivity index (χ2n) is 3.39. The molecule has 4 nitrogen and oxygen atoms in total. The monoisotopic (exact) mass is 333 g/mol. The highest BCUT2D eigenvalue weighted by Gasteiger charge is 2.32. The fourth-order valence-corrected chi connectivity index (χ4v) is 1.64. The maximum atomic E-state index is 12.3. The van der Waals surface area contributed by atoms with E-state index in [1.807, 2.05) is 0 Å². The van der Waals surface area contributed by atoms with Crippen LogP contribution in [0.5, 0.6) is 5.75 Å². The van der Waals surface area contributed by atoms with Crippen LogP contribution < -0.4 is 10.1 Å². The van der Waals surface area contributed by atoms with Crippen LogP contribution in [0.3, 0.4) is 0 Å². The summed E-state index contributed by atoms with van der Waals surface area (Å²) in [4.78, 5) is 7.66. The third kappa shape index (κ3) is 3.82. The lowest BCUT2D eigenvalue weighted by Crippen LogP contribution is -2.17. The summed E-state index contributed by atoms with van der Waals surface area (Å²) in [6, 6.07) is 5.70. The smallest absolute Gasteiger partial charge is 0.404 e. The van der Waals surface area contributed by atoms with Crippen molar-refractivity contribution in [1.29, 1.82) is 0 Å². The highest BCUT2D eigenvalue weighted by atomic mass is 79.9.